The maximum Gasteiger partial charge on any atom is 0.335 e. The van der Waals surface area contributed by atoms with Gasteiger partial charge in [-0.25, -0.2) is 4.79 Å². The van der Waals surface area contributed by atoms with Crippen molar-refractivity contribution in [2.24, 2.45) is 0 Å². The molecular weight excluding hydrogens is 282 g/mol. The van der Waals surface area contributed by atoms with E-state index in [1.807, 2.05) is 0 Å². The zero-order valence-corrected chi connectivity index (χ0v) is 10.9. The highest BCUT2D eigenvalue weighted by Gasteiger charge is 2.15. The Morgan fingerprint density at radius 1 is 1.52 bits per heavy atom. The first-order chi connectivity index (χ1) is 9.99. The Kier molecular flexibility index (Phi) is 4.02. The number of carbonyl (C=O) groups excluding carboxylic acids is 1. The summed E-state index contributed by atoms with van der Waals surface area (Å²) in [6, 6.07) is 4.03. The molecule has 0 atom stereocenters. The molecule has 2 rings (SSSR count). The van der Waals surface area contributed by atoms with Gasteiger partial charge in [0.2, 0.25) is 6.20 Å². The molecule has 1 amide bonds. The van der Waals surface area contributed by atoms with Gasteiger partial charge < -0.3 is 24.8 Å². The molecule has 0 saturated heterocycles. The molecule has 1 aromatic carbocycles. The van der Waals surface area contributed by atoms with Gasteiger partial charge in [-0.1, -0.05) is 4.68 Å². The maximum atomic E-state index is 11.8. The van der Waals surface area contributed by atoms with E-state index in [1.165, 1.54) is 25.3 Å². The molecule has 110 valence electrons. The van der Waals surface area contributed by atoms with E-state index in [4.69, 9.17) is 9.84 Å². The molecule has 0 unspecified atom stereocenters. The van der Waals surface area contributed by atoms with Crippen LogP contribution in [0.1, 0.15) is 10.4 Å². The summed E-state index contributed by atoms with van der Waals surface area (Å²) in [5.41, 5.74) is 0.339. The number of ether oxygens (including phenoxy) is 1. The van der Waals surface area contributed by atoms with Crippen LogP contribution in [0.25, 0.3) is 0 Å². The minimum Gasteiger partial charge on any atom is -0.539 e. The Morgan fingerprint density at radius 2 is 2.29 bits per heavy atom. The topological polar surface area (TPSA) is 129 Å². The van der Waals surface area contributed by atoms with E-state index in [0.29, 0.717) is 5.69 Å². The number of aromatic nitrogens is 2. The fourth-order valence-corrected chi connectivity index (χ4v) is 1.60. The van der Waals surface area contributed by atoms with Gasteiger partial charge in [-0.3, -0.25) is 4.79 Å². The molecule has 0 saturated carbocycles. The maximum absolute atomic E-state index is 11.8. The smallest absolute Gasteiger partial charge is 0.335 e. The number of carboxylic acids is 1. The molecule has 0 fully saturated rings. The molecule has 1 heterocycles. The number of hydrogen-bond acceptors (Lipinski definition) is 6. The lowest BCUT2D eigenvalue weighted by Crippen LogP contribution is -2.41. The normalized spacial score (nSPS) is 10.1. The zero-order chi connectivity index (χ0) is 15.4. The molecule has 0 bridgehead atoms. The number of benzene rings is 1. The van der Waals surface area contributed by atoms with Gasteiger partial charge in [0.1, 0.15) is 11.7 Å². The molecule has 1 aromatic heterocycles. The average Bonchev–Trinajstić information content (AvgIpc) is 2.84. The number of anilines is 1. The second-order valence-corrected chi connectivity index (χ2v) is 3.99. The minimum atomic E-state index is -1.10. The summed E-state index contributed by atoms with van der Waals surface area (Å²) in [6.07, 6.45) is 1.03. The summed E-state index contributed by atoms with van der Waals surface area (Å²) < 4.78 is 10.3. The highest BCUT2D eigenvalue weighted by Crippen LogP contribution is 2.25. The van der Waals surface area contributed by atoms with Crippen molar-refractivity contribution in [1.82, 2.24) is 5.27 Å². The summed E-state index contributed by atoms with van der Waals surface area (Å²) in [6.45, 7) is -0.227. The Bertz CT molecular complexity index is 681. The Labute approximate surface area is 118 Å². The third kappa shape index (κ3) is 3.47. The predicted molar refractivity (Wildman–Crippen MR) is 64.7 cm³/mol. The molecule has 0 aliphatic carbocycles. The Morgan fingerprint density at radius 3 is 2.86 bits per heavy atom. The number of aromatic carboxylic acids is 1. The van der Waals surface area contributed by atoms with Crippen LogP contribution in [0.2, 0.25) is 0 Å². The Hall–Kier alpha value is -3.10. The number of amides is 1. The van der Waals surface area contributed by atoms with Crippen LogP contribution >= 0.6 is 0 Å². The van der Waals surface area contributed by atoms with Crippen molar-refractivity contribution in [3.63, 3.8) is 0 Å². The molecular formula is C12H11N3O6. The lowest BCUT2D eigenvalue weighted by Gasteiger charge is -2.09. The molecule has 0 aliphatic rings. The second kappa shape index (κ2) is 5.90. The number of nitrogens with zero attached hydrogens (tertiary/aromatic N) is 2. The van der Waals surface area contributed by atoms with E-state index in [0.717, 1.165) is 10.9 Å². The monoisotopic (exact) mass is 293 g/mol. The molecule has 0 spiro atoms. The molecule has 21 heavy (non-hydrogen) atoms. The second-order valence-electron chi connectivity index (χ2n) is 3.99. The standard InChI is InChI=1S/C12H11N3O6/c1-20-9-4-7(12(18)19)2-3-8(9)13-10(16)5-15-6-11(17)21-14-15/h2-4,6H,5H2,1H3,(H2-,13,14,16,17,18,19). The van der Waals surface area contributed by atoms with Gasteiger partial charge in [-0.15, -0.1) is 0 Å². The van der Waals surface area contributed by atoms with Crippen molar-refractivity contribution in [2.45, 2.75) is 6.54 Å². The van der Waals surface area contributed by atoms with Crippen molar-refractivity contribution in [1.29, 1.82) is 0 Å². The molecule has 9 nitrogen and oxygen atoms in total. The van der Waals surface area contributed by atoms with Gasteiger partial charge in [-0.2, -0.15) is 0 Å². The quantitative estimate of drug-likeness (QED) is 0.703. The van der Waals surface area contributed by atoms with Crippen LogP contribution < -0.4 is 19.8 Å². The van der Waals surface area contributed by atoms with Crippen molar-refractivity contribution >= 4 is 17.6 Å². The van der Waals surface area contributed by atoms with E-state index in [9.17, 15) is 14.7 Å². The SMILES string of the molecule is COc1cc(C(=O)O)ccc1NC(=O)C[n+]1cc([O-])on1. The van der Waals surface area contributed by atoms with E-state index < -0.39 is 17.8 Å². The first-order valence-corrected chi connectivity index (χ1v) is 5.74. The first kappa shape index (κ1) is 14.3. The zero-order valence-electron chi connectivity index (χ0n) is 10.9. The molecule has 0 radical (unpaired) electrons. The number of carbonyl (C=O) groups is 2. The summed E-state index contributed by atoms with van der Waals surface area (Å²) >= 11 is 0. The van der Waals surface area contributed by atoms with Crippen molar-refractivity contribution < 1.29 is 33.7 Å². The minimum absolute atomic E-state index is 0.0340. The van der Waals surface area contributed by atoms with Crippen LogP contribution in [-0.4, -0.2) is 29.4 Å². The summed E-state index contributed by atoms with van der Waals surface area (Å²) in [5.74, 6) is -2.04. The highest BCUT2D eigenvalue weighted by molar-refractivity contribution is 5.93. The summed E-state index contributed by atoms with van der Waals surface area (Å²) in [4.78, 5) is 22.6. The van der Waals surface area contributed by atoms with E-state index in [2.05, 4.69) is 15.1 Å². The van der Waals surface area contributed by atoms with Crippen LogP contribution in [0.4, 0.5) is 5.69 Å². The summed E-state index contributed by atoms with van der Waals surface area (Å²) in [7, 11) is 1.35. The lowest BCUT2D eigenvalue weighted by molar-refractivity contribution is -0.750. The lowest BCUT2D eigenvalue weighted by atomic mass is 10.2. The van der Waals surface area contributed by atoms with E-state index >= 15 is 0 Å². The molecule has 2 N–H and O–H groups in total. The van der Waals surface area contributed by atoms with Crippen LogP contribution in [-0.2, 0) is 11.3 Å². The van der Waals surface area contributed by atoms with E-state index in [-0.39, 0.29) is 17.9 Å². The van der Waals surface area contributed by atoms with Crippen LogP contribution in [0.3, 0.4) is 0 Å². The summed E-state index contributed by atoms with van der Waals surface area (Å²) in [5, 5.41) is 25.5. The molecule has 0 aliphatic heterocycles. The van der Waals surface area contributed by atoms with Gasteiger partial charge in [0.15, 0.2) is 0 Å². The average molecular weight is 293 g/mol. The van der Waals surface area contributed by atoms with Crippen LogP contribution in [0.5, 0.6) is 11.7 Å². The van der Waals surface area contributed by atoms with Gasteiger partial charge in [-0.05, 0) is 18.2 Å². The molecule has 9 heteroatoms. The van der Waals surface area contributed by atoms with Gasteiger partial charge in [0, 0.05) is 0 Å². The number of rotatable bonds is 5. The predicted octanol–water partition coefficient (Wildman–Crippen LogP) is -0.619. The fourth-order valence-electron chi connectivity index (χ4n) is 1.60. The van der Waals surface area contributed by atoms with Crippen molar-refractivity contribution in [3.05, 3.63) is 30.0 Å². The van der Waals surface area contributed by atoms with Gasteiger partial charge in [0.05, 0.1) is 23.6 Å². The number of methoxy groups -OCH3 is 1. The fraction of sp³-hybridized carbons (Fsp3) is 0.167. The van der Waals surface area contributed by atoms with Crippen LogP contribution in [0.15, 0.2) is 28.9 Å². The van der Waals surface area contributed by atoms with Crippen molar-refractivity contribution in [3.8, 4) is 11.7 Å². The first-order valence-electron chi connectivity index (χ1n) is 5.74. The van der Waals surface area contributed by atoms with Gasteiger partial charge in [0.25, 0.3) is 12.5 Å². The van der Waals surface area contributed by atoms with Crippen molar-refractivity contribution in [2.75, 3.05) is 12.4 Å². The largest absolute Gasteiger partial charge is 0.539 e. The highest BCUT2D eigenvalue weighted by atomic mass is 16.6. The van der Waals surface area contributed by atoms with E-state index in [1.54, 1.807) is 0 Å². The number of carboxylic acid groups (broad SMARTS) is 1. The third-order valence-corrected chi connectivity index (χ3v) is 2.52. The van der Waals surface area contributed by atoms with Gasteiger partial charge >= 0.3 is 5.97 Å². The number of hydrogen-bond donors (Lipinski definition) is 2. The number of nitrogens with one attached hydrogen (secondary N) is 1. The Balaban J connectivity index is 2.11. The third-order valence-electron chi connectivity index (χ3n) is 2.52. The molecule has 2 aromatic rings. The van der Waals surface area contributed by atoms with Crippen LogP contribution in [0, 0.1) is 0 Å².